The third-order valence-electron chi connectivity index (χ3n) is 4.30. The van der Waals surface area contributed by atoms with Crippen LogP contribution in [0.5, 0.6) is 0 Å². The van der Waals surface area contributed by atoms with Gasteiger partial charge in [-0.05, 0) is 25.0 Å². The van der Waals surface area contributed by atoms with Crippen LogP contribution in [-0.4, -0.2) is 38.0 Å². The molecule has 0 atom stereocenters. The molecule has 1 saturated carbocycles. The van der Waals surface area contributed by atoms with E-state index in [9.17, 15) is 4.79 Å². The first-order valence-corrected chi connectivity index (χ1v) is 8.58. The molecule has 8 heteroatoms. The first-order chi connectivity index (χ1) is 12.7. The molecule has 26 heavy (non-hydrogen) atoms. The third kappa shape index (κ3) is 3.58. The van der Waals surface area contributed by atoms with Crippen molar-refractivity contribution in [2.75, 3.05) is 7.05 Å². The first-order valence-electron chi connectivity index (χ1n) is 8.58. The highest BCUT2D eigenvalue weighted by atomic mass is 16.3. The summed E-state index contributed by atoms with van der Waals surface area (Å²) >= 11 is 0. The maximum Gasteiger partial charge on any atom is 0.317 e. The van der Waals surface area contributed by atoms with Gasteiger partial charge in [0.2, 0.25) is 0 Å². The number of oxazole rings is 1. The molecule has 4 rings (SSSR count). The fourth-order valence-electron chi connectivity index (χ4n) is 2.75. The second-order valence-electron chi connectivity index (χ2n) is 6.41. The lowest BCUT2D eigenvalue weighted by Gasteiger charge is -2.16. The highest BCUT2D eigenvalue weighted by Crippen LogP contribution is 2.41. The Hall–Kier alpha value is -3.16. The molecule has 1 N–H and O–H groups in total. The van der Waals surface area contributed by atoms with Crippen molar-refractivity contribution in [3.8, 4) is 5.69 Å². The number of benzene rings is 1. The van der Waals surface area contributed by atoms with Gasteiger partial charge in [-0.25, -0.2) is 9.78 Å². The molecule has 0 unspecified atom stereocenters. The lowest BCUT2D eigenvalue weighted by molar-refractivity contribution is 0.205. The molecule has 1 aromatic carbocycles. The Morgan fingerprint density at radius 3 is 2.92 bits per heavy atom. The van der Waals surface area contributed by atoms with E-state index in [0.29, 0.717) is 24.7 Å². The minimum atomic E-state index is -0.191. The van der Waals surface area contributed by atoms with Crippen molar-refractivity contribution in [3.05, 3.63) is 60.1 Å². The molecule has 1 aliphatic carbocycles. The maximum absolute atomic E-state index is 12.3. The zero-order valence-corrected chi connectivity index (χ0v) is 14.5. The molecule has 0 radical (unpaired) electrons. The second kappa shape index (κ2) is 6.99. The van der Waals surface area contributed by atoms with Crippen LogP contribution in [0.4, 0.5) is 4.79 Å². The van der Waals surface area contributed by atoms with Crippen LogP contribution in [0, 0.1) is 0 Å². The van der Waals surface area contributed by atoms with Crippen LogP contribution in [0.25, 0.3) is 5.69 Å². The SMILES string of the molecule is CN(Cc1cnn(-c2ccccc2)n1)C(=O)NCc1ncoc1C1CC1. The zero-order valence-electron chi connectivity index (χ0n) is 14.5. The predicted octanol–water partition coefficient (Wildman–Crippen LogP) is 2.47. The monoisotopic (exact) mass is 352 g/mol. The molecule has 134 valence electrons. The molecular weight excluding hydrogens is 332 g/mol. The summed E-state index contributed by atoms with van der Waals surface area (Å²) in [5.41, 5.74) is 2.40. The molecule has 0 aliphatic heterocycles. The minimum Gasteiger partial charge on any atom is -0.448 e. The summed E-state index contributed by atoms with van der Waals surface area (Å²) in [5.74, 6) is 1.37. The Labute approximate surface area is 150 Å². The molecule has 1 aliphatic rings. The van der Waals surface area contributed by atoms with Crippen molar-refractivity contribution in [2.24, 2.45) is 0 Å². The van der Waals surface area contributed by atoms with E-state index < -0.39 is 0 Å². The minimum absolute atomic E-state index is 0.191. The van der Waals surface area contributed by atoms with E-state index in [1.165, 1.54) is 6.39 Å². The number of hydrogen-bond donors (Lipinski definition) is 1. The number of nitrogens with zero attached hydrogens (tertiary/aromatic N) is 5. The smallest absolute Gasteiger partial charge is 0.317 e. The van der Waals surface area contributed by atoms with Gasteiger partial charge < -0.3 is 14.6 Å². The molecule has 2 aromatic heterocycles. The highest BCUT2D eigenvalue weighted by molar-refractivity contribution is 5.73. The average molecular weight is 352 g/mol. The summed E-state index contributed by atoms with van der Waals surface area (Å²) in [6.45, 7) is 0.731. The number of aromatic nitrogens is 4. The summed E-state index contributed by atoms with van der Waals surface area (Å²) in [4.78, 5) is 19.6. The van der Waals surface area contributed by atoms with Gasteiger partial charge in [-0.1, -0.05) is 18.2 Å². The molecule has 8 nitrogen and oxygen atoms in total. The van der Waals surface area contributed by atoms with E-state index in [0.717, 1.165) is 30.0 Å². The quantitative estimate of drug-likeness (QED) is 0.736. The molecular formula is C18H20N6O2. The number of carbonyl (C=O) groups is 1. The Bertz CT molecular complexity index is 884. The standard InChI is InChI=1S/C18H20N6O2/c1-23(11-14-9-21-24(22-14)15-5-3-2-4-6-15)18(25)19-10-16-17(13-7-8-13)26-12-20-16/h2-6,9,12-13H,7-8,10-11H2,1H3,(H,19,25). The highest BCUT2D eigenvalue weighted by Gasteiger charge is 2.30. The van der Waals surface area contributed by atoms with Gasteiger partial charge in [-0.15, -0.1) is 0 Å². The zero-order chi connectivity index (χ0) is 17.9. The van der Waals surface area contributed by atoms with Gasteiger partial charge in [-0.3, -0.25) is 0 Å². The number of para-hydroxylation sites is 1. The van der Waals surface area contributed by atoms with Gasteiger partial charge in [0.1, 0.15) is 17.1 Å². The molecule has 3 aromatic rings. The van der Waals surface area contributed by atoms with Crippen LogP contribution in [0.1, 0.15) is 35.9 Å². The average Bonchev–Trinajstić information content (AvgIpc) is 3.22. The van der Waals surface area contributed by atoms with E-state index in [4.69, 9.17) is 4.42 Å². The molecule has 0 bridgehead atoms. The second-order valence-corrected chi connectivity index (χ2v) is 6.41. The number of rotatable bonds is 6. The summed E-state index contributed by atoms with van der Waals surface area (Å²) in [6, 6.07) is 9.46. The van der Waals surface area contributed by atoms with E-state index in [1.807, 2.05) is 30.3 Å². The normalized spacial score (nSPS) is 13.6. The van der Waals surface area contributed by atoms with Crippen molar-refractivity contribution < 1.29 is 9.21 Å². The van der Waals surface area contributed by atoms with Crippen molar-refractivity contribution in [1.29, 1.82) is 0 Å². The van der Waals surface area contributed by atoms with E-state index in [-0.39, 0.29) is 6.03 Å². The Morgan fingerprint density at radius 1 is 1.35 bits per heavy atom. The van der Waals surface area contributed by atoms with Gasteiger partial charge >= 0.3 is 6.03 Å². The van der Waals surface area contributed by atoms with Crippen LogP contribution < -0.4 is 5.32 Å². The lowest BCUT2D eigenvalue weighted by atomic mass is 10.2. The van der Waals surface area contributed by atoms with E-state index in [2.05, 4.69) is 20.5 Å². The van der Waals surface area contributed by atoms with E-state index in [1.54, 1.807) is 22.9 Å². The number of hydrogen-bond acceptors (Lipinski definition) is 5. The number of amides is 2. The topological polar surface area (TPSA) is 89.1 Å². The fraction of sp³-hybridized carbons (Fsp3) is 0.333. The fourth-order valence-corrected chi connectivity index (χ4v) is 2.75. The maximum atomic E-state index is 12.3. The largest absolute Gasteiger partial charge is 0.448 e. The molecule has 0 spiro atoms. The number of nitrogens with one attached hydrogen (secondary N) is 1. The first kappa shape index (κ1) is 16.3. The summed E-state index contributed by atoms with van der Waals surface area (Å²) in [7, 11) is 1.72. The Morgan fingerprint density at radius 2 is 2.15 bits per heavy atom. The molecule has 1 fully saturated rings. The predicted molar refractivity (Wildman–Crippen MR) is 93.5 cm³/mol. The van der Waals surface area contributed by atoms with Crippen LogP contribution in [0.3, 0.4) is 0 Å². The number of urea groups is 1. The number of carbonyl (C=O) groups excluding carboxylic acids is 1. The van der Waals surface area contributed by atoms with Gasteiger partial charge in [0.15, 0.2) is 6.39 Å². The van der Waals surface area contributed by atoms with Crippen LogP contribution in [0.15, 0.2) is 47.3 Å². The Kier molecular flexibility index (Phi) is 4.39. The van der Waals surface area contributed by atoms with E-state index >= 15 is 0 Å². The van der Waals surface area contributed by atoms with Gasteiger partial charge in [-0.2, -0.15) is 15.0 Å². The van der Waals surface area contributed by atoms with Crippen LogP contribution >= 0.6 is 0 Å². The van der Waals surface area contributed by atoms with Crippen molar-refractivity contribution in [2.45, 2.75) is 31.8 Å². The summed E-state index contributed by atoms with van der Waals surface area (Å²) in [6.07, 6.45) is 5.38. The van der Waals surface area contributed by atoms with Crippen molar-refractivity contribution >= 4 is 6.03 Å². The third-order valence-corrected chi connectivity index (χ3v) is 4.30. The van der Waals surface area contributed by atoms with Crippen LogP contribution in [0.2, 0.25) is 0 Å². The summed E-state index contributed by atoms with van der Waals surface area (Å²) in [5, 5.41) is 11.5. The van der Waals surface area contributed by atoms with Crippen molar-refractivity contribution in [3.63, 3.8) is 0 Å². The molecule has 0 saturated heterocycles. The van der Waals surface area contributed by atoms with Gasteiger partial charge in [0.25, 0.3) is 0 Å². The van der Waals surface area contributed by atoms with Gasteiger partial charge in [0, 0.05) is 13.0 Å². The van der Waals surface area contributed by atoms with Crippen LogP contribution in [-0.2, 0) is 13.1 Å². The molecule has 2 heterocycles. The Balaban J connectivity index is 1.33. The van der Waals surface area contributed by atoms with Gasteiger partial charge in [0.05, 0.1) is 25.0 Å². The summed E-state index contributed by atoms with van der Waals surface area (Å²) < 4.78 is 5.42. The molecule has 2 amide bonds. The lowest BCUT2D eigenvalue weighted by Crippen LogP contribution is -2.36. The van der Waals surface area contributed by atoms with Crippen molar-refractivity contribution in [1.82, 2.24) is 30.2 Å².